The standard InChI is InChI=1S/C12H10ClFN2/c1-8(9-5-3-2-4-6-9)11-10(14)12(13)16-7-15-11/h2-8H,1H3. The molecule has 0 radical (unpaired) electrons. The maximum Gasteiger partial charge on any atom is 0.182 e. The Morgan fingerprint density at radius 3 is 2.56 bits per heavy atom. The Kier molecular flexibility index (Phi) is 3.15. The average molecular weight is 237 g/mol. The zero-order chi connectivity index (χ0) is 11.5. The second-order valence-electron chi connectivity index (χ2n) is 3.50. The molecule has 1 heterocycles. The molecule has 0 saturated heterocycles. The van der Waals surface area contributed by atoms with E-state index in [0.717, 1.165) is 5.56 Å². The Morgan fingerprint density at radius 1 is 1.19 bits per heavy atom. The van der Waals surface area contributed by atoms with E-state index < -0.39 is 5.82 Å². The summed E-state index contributed by atoms with van der Waals surface area (Å²) in [6.07, 6.45) is 1.28. The second kappa shape index (κ2) is 4.58. The molecule has 0 bridgehead atoms. The number of halogens is 2. The van der Waals surface area contributed by atoms with Crippen LogP contribution < -0.4 is 0 Å². The molecule has 0 aliphatic rings. The molecule has 1 unspecified atom stereocenters. The van der Waals surface area contributed by atoms with Crippen LogP contribution in [0.2, 0.25) is 5.15 Å². The third-order valence-electron chi connectivity index (χ3n) is 2.48. The quantitative estimate of drug-likeness (QED) is 0.747. The van der Waals surface area contributed by atoms with Gasteiger partial charge < -0.3 is 0 Å². The van der Waals surface area contributed by atoms with Gasteiger partial charge >= 0.3 is 0 Å². The zero-order valence-corrected chi connectivity index (χ0v) is 9.45. The van der Waals surface area contributed by atoms with Gasteiger partial charge in [0.05, 0.1) is 5.69 Å². The van der Waals surface area contributed by atoms with Crippen LogP contribution >= 0.6 is 11.6 Å². The Balaban J connectivity index is 2.42. The van der Waals surface area contributed by atoms with E-state index in [2.05, 4.69) is 9.97 Å². The smallest absolute Gasteiger partial charge is 0.182 e. The first-order valence-electron chi connectivity index (χ1n) is 4.91. The molecule has 16 heavy (non-hydrogen) atoms. The predicted octanol–water partition coefficient (Wildman–Crippen LogP) is 3.42. The highest BCUT2D eigenvalue weighted by molar-refractivity contribution is 6.29. The summed E-state index contributed by atoms with van der Waals surface area (Å²) in [5, 5.41) is -0.132. The normalized spacial score (nSPS) is 12.4. The van der Waals surface area contributed by atoms with E-state index in [4.69, 9.17) is 11.6 Å². The number of hydrogen-bond acceptors (Lipinski definition) is 2. The highest BCUT2D eigenvalue weighted by Crippen LogP contribution is 2.26. The average Bonchev–Trinajstić information content (AvgIpc) is 2.33. The molecule has 0 aliphatic carbocycles. The molecule has 0 amide bonds. The second-order valence-corrected chi connectivity index (χ2v) is 3.85. The van der Waals surface area contributed by atoms with Gasteiger partial charge in [-0.3, -0.25) is 0 Å². The van der Waals surface area contributed by atoms with Gasteiger partial charge in [-0.15, -0.1) is 0 Å². The highest BCUT2D eigenvalue weighted by atomic mass is 35.5. The molecular formula is C12H10ClFN2. The van der Waals surface area contributed by atoms with Crippen LogP contribution in [0.15, 0.2) is 36.7 Å². The van der Waals surface area contributed by atoms with Crippen LogP contribution in [0.3, 0.4) is 0 Å². The topological polar surface area (TPSA) is 25.8 Å². The lowest BCUT2D eigenvalue weighted by Crippen LogP contribution is -2.04. The first-order valence-corrected chi connectivity index (χ1v) is 5.28. The summed E-state index contributed by atoms with van der Waals surface area (Å²) < 4.78 is 13.7. The van der Waals surface area contributed by atoms with E-state index in [9.17, 15) is 4.39 Å². The van der Waals surface area contributed by atoms with Crippen molar-refractivity contribution in [1.29, 1.82) is 0 Å². The molecule has 1 atom stereocenters. The fraction of sp³-hybridized carbons (Fsp3) is 0.167. The van der Waals surface area contributed by atoms with Gasteiger partial charge in [0.2, 0.25) is 0 Å². The van der Waals surface area contributed by atoms with Crippen LogP contribution in [0.4, 0.5) is 4.39 Å². The SMILES string of the molecule is CC(c1ccccc1)c1ncnc(Cl)c1F. The van der Waals surface area contributed by atoms with Gasteiger partial charge in [-0.25, -0.2) is 14.4 Å². The summed E-state index contributed by atoms with van der Waals surface area (Å²) in [5.41, 5.74) is 1.32. The maximum atomic E-state index is 13.7. The van der Waals surface area contributed by atoms with Gasteiger partial charge in [0, 0.05) is 5.92 Å². The van der Waals surface area contributed by atoms with Gasteiger partial charge in [-0.1, -0.05) is 48.9 Å². The van der Waals surface area contributed by atoms with E-state index in [1.807, 2.05) is 37.3 Å². The molecule has 1 aromatic heterocycles. The molecule has 1 aromatic carbocycles. The lowest BCUT2D eigenvalue weighted by Gasteiger charge is -2.11. The van der Waals surface area contributed by atoms with Crippen LogP contribution in [-0.2, 0) is 0 Å². The van der Waals surface area contributed by atoms with Crippen molar-refractivity contribution in [3.8, 4) is 0 Å². The Bertz CT molecular complexity index is 488. The first-order chi connectivity index (χ1) is 7.70. The summed E-state index contributed by atoms with van der Waals surface area (Å²) in [4.78, 5) is 7.54. The lowest BCUT2D eigenvalue weighted by molar-refractivity contribution is 0.582. The summed E-state index contributed by atoms with van der Waals surface area (Å²) in [6, 6.07) is 9.60. The molecule has 4 heteroatoms. The highest BCUT2D eigenvalue weighted by Gasteiger charge is 2.17. The molecule has 2 rings (SSSR count). The number of rotatable bonds is 2. The molecule has 82 valence electrons. The number of hydrogen-bond donors (Lipinski definition) is 0. The number of aromatic nitrogens is 2. The minimum absolute atomic E-state index is 0.132. The van der Waals surface area contributed by atoms with Crippen molar-refractivity contribution in [3.05, 3.63) is 58.9 Å². The van der Waals surface area contributed by atoms with Crippen LogP contribution in [0.1, 0.15) is 24.1 Å². The molecular weight excluding hydrogens is 227 g/mol. The molecule has 2 nitrogen and oxygen atoms in total. The van der Waals surface area contributed by atoms with E-state index in [-0.39, 0.29) is 11.1 Å². The van der Waals surface area contributed by atoms with Gasteiger partial charge in [-0.2, -0.15) is 0 Å². The summed E-state index contributed by atoms with van der Waals surface area (Å²) in [6.45, 7) is 1.89. The van der Waals surface area contributed by atoms with Gasteiger partial charge in [-0.05, 0) is 5.56 Å². The zero-order valence-electron chi connectivity index (χ0n) is 8.69. The van der Waals surface area contributed by atoms with Crippen molar-refractivity contribution in [2.45, 2.75) is 12.8 Å². The van der Waals surface area contributed by atoms with Crippen LogP contribution in [0, 0.1) is 5.82 Å². The maximum absolute atomic E-state index is 13.7. The molecule has 2 aromatic rings. The number of benzene rings is 1. The summed E-state index contributed by atoms with van der Waals surface area (Å²) in [5.74, 6) is -0.679. The van der Waals surface area contributed by atoms with E-state index in [1.54, 1.807) is 0 Å². The third-order valence-corrected chi connectivity index (χ3v) is 2.75. The van der Waals surface area contributed by atoms with Gasteiger partial charge in [0.15, 0.2) is 11.0 Å². The van der Waals surface area contributed by atoms with Crippen molar-refractivity contribution in [2.24, 2.45) is 0 Å². The van der Waals surface area contributed by atoms with Crippen molar-refractivity contribution >= 4 is 11.6 Å². The monoisotopic (exact) mass is 236 g/mol. The predicted molar refractivity (Wildman–Crippen MR) is 61.0 cm³/mol. The van der Waals surface area contributed by atoms with E-state index in [1.165, 1.54) is 6.33 Å². The largest absolute Gasteiger partial charge is 0.238 e. The molecule has 0 fully saturated rings. The van der Waals surface area contributed by atoms with Crippen LogP contribution in [0.25, 0.3) is 0 Å². The first kappa shape index (κ1) is 11.0. The van der Waals surface area contributed by atoms with Crippen LogP contribution in [0.5, 0.6) is 0 Å². The van der Waals surface area contributed by atoms with Crippen molar-refractivity contribution < 1.29 is 4.39 Å². The Labute approximate surface area is 98.1 Å². The third kappa shape index (κ3) is 2.04. The van der Waals surface area contributed by atoms with E-state index >= 15 is 0 Å². The summed E-state index contributed by atoms with van der Waals surface area (Å²) in [7, 11) is 0. The van der Waals surface area contributed by atoms with Gasteiger partial charge in [0.1, 0.15) is 6.33 Å². The minimum Gasteiger partial charge on any atom is -0.238 e. The molecule has 0 spiro atoms. The molecule has 0 N–H and O–H groups in total. The number of nitrogens with zero attached hydrogens (tertiary/aromatic N) is 2. The summed E-state index contributed by atoms with van der Waals surface area (Å²) >= 11 is 5.62. The lowest BCUT2D eigenvalue weighted by atomic mass is 9.97. The van der Waals surface area contributed by atoms with Crippen molar-refractivity contribution in [3.63, 3.8) is 0 Å². The van der Waals surface area contributed by atoms with Gasteiger partial charge in [0.25, 0.3) is 0 Å². The fourth-order valence-electron chi connectivity index (χ4n) is 1.56. The van der Waals surface area contributed by atoms with Crippen molar-refractivity contribution in [1.82, 2.24) is 9.97 Å². The molecule has 0 saturated carbocycles. The fourth-order valence-corrected chi connectivity index (χ4v) is 1.70. The molecule has 0 aliphatic heterocycles. The Hall–Kier alpha value is -1.48. The van der Waals surface area contributed by atoms with Crippen molar-refractivity contribution in [2.75, 3.05) is 0 Å². The van der Waals surface area contributed by atoms with Crippen LogP contribution in [-0.4, -0.2) is 9.97 Å². The Morgan fingerprint density at radius 2 is 1.88 bits per heavy atom. The van der Waals surface area contributed by atoms with E-state index in [0.29, 0.717) is 5.69 Å². The minimum atomic E-state index is -0.541.